The van der Waals surface area contributed by atoms with Gasteiger partial charge in [0.2, 0.25) is 11.4 Å². The summed E-state index contributed by atoms with van der Waals surface area (Å²) in [6.07, 6.45) is 0.220. The van der Waals surface area contributed by atoms with Crippen molar-refractivity contribution < 1.29 is 19.1 Å². The third-order valence-corrected chi connectivity index (χ3v) is 2.10. The Bertz CT molecular complexity index is 289. The molecule has 1 aliphatic rings. The molecule has 2 amide bonds. The van der Waals surface area contributed by atoms with E-state index in [-0.39, 0.29) is 6.42 Å². The smallest absolute Gasteiger partial charge is 0.341 e. The summed E-state index contributed by atoms with van der Waals surface area (Å²) in [6.45, 7) is 1.60. The van der Waals surface area contributed by atoms with Crippen LogP contribution in [0, 0.1) is 0 Å². The van der Waals surface area contributed by atoms with Gasteiger partial charge >= 0.3 is 5.97 Å². The Labute approximate surface area is 81.0 Å². The highest BCUT2D eigenvalue weighted by Gasteiger charge is 2.51. The fraction of sp³-hybridized carbons (Fsp3) is 0.625. The Morgan fingerprint density at radius 2 is 2.21 bits per heavy atom. The van der Waals surface area contributed by atoms with Crippen LogP contribution in [-0.2, 0) is 19.1 Å². The van der Waals surface area contributed by atoms with Crippen molar-refractivity contribution in [2.24, 2.45) is 0 Å². The number of carbonyl (C=O) groups is 3. The van der Waals surface area contributed by atoms with Gasteiger partial charge in [0.15, 0.2) is 0 Å². The monoisotopic (exact) mass is 200 g/mol. The first-order valence-electron chi connectivity index (χ1n) is 4.18. The van der Waals surface area contributed by atoms with E-state index in [9.17, 15) is 14.4 Å². The van der Waals surface area contributed by atoms with Crippen LogP contribution in [0.2, 0.25) is 0 Å². The van der Waals surface area contributed by atoms with Crippen LogP contribution >= 0.6 is 0 Å². The Morgan fingerprint density at radius 3 is 2.57 bits per heavy atom. The number of amides is 2. The maximum atomic E-state index is 11.4. The molecule has 0 aliphatic carbocycles. The molecule has 0 spiro atoms. The molecule has 1 aliphatic heterocycles. The summed E-state index contributed by atoms with van der Waals surface area (Å²) in [5.41, 5.74) is -1.53. The Balaban J connectivity index is 2.95. The van der Waals surface area contributed by atoms with Gasteiger partial charge < -0.3 is 15.4 Å². The number of nitrogens with one attached hydrogen (secondary N) is 2. The minimum Gasteiger partial charge on any atom is -0.467 e. The molecule has 0 aromatic heterocycles. The minimum absolute atomic E-state index is 0.220. The second-order valence-electron chi connectivity index (χ2n) is 3.08. The molecule has 6 heteroatoms. The maximum Gasteiger partial charge on any atom is 0.341 e. The van der Waals surface area contributed by atoms with Gasteiger partial charge in [-0.05, 0) is 0 Å². The summed E-state index contributed by atoms with van der Waals surface area (Å²) in [5, 5.41) is 4.81. The fourth-order valence-corrected chi connectivity index (χ4v) is 1.47. The van der Waals surface area contributed by atoms with E-state index in [1.165, 1.54) is 14.0 Å². The van der Waals surface area contributed by atoms with Gasteiger partial charge in [0.25, 0.3) is 5.91 Å². The van der Waals surface area contributed by atoms with Crippen molar-refractivity contribution in [3.8, 4) is 0 Å². The Hall–Kier alpha value is -1.59. The quantitative estimate of drug-likeness (QED) is 0.422. The van der Waals surface area contributed by atoms with Gasteiger partial charge in [0, 0.05) is 19.9 Å². The topological polar surface area (TPSA) is 84.5 Å². The summed E-state index contributed by atoms with van der Waals surface area (Å²) in [5.74, 6) is -1.69. The van der Waals surface area contributed by atoms with Crippen LogP contribution in [0.15, 0.2) is 0 Å². The summed E-state index contributed by atoms with van der Waals surface area (Å²) in [4.78, 5) is 33.7. The number of hydrogen-bond acceptors (Lipinski definition) is 4. The number of methoxy groups -OCH3 is 1. The number of hydrogen-bond donors (Lipinski definition) is 2. The maximum absolute atomic E-state index is 11.4. The molecule has 78 valence electrons. The molecule has 0 saturated carbocycles. The summed E-state index contributed by atoms with van der Waals surface area (Å²) < 4.78 is 4.49. The van der Waals surface area contributed by atoms with Gasteiger partial charge in [0.05, 0.1) is 7.11 Å². The normalized spacial score (nSPS) is 25.4. The van der Waals surface area contributed by atoms with E-state index >= 15 is 0 Å². The van der Waals surface area contributed by atoms with Crippen LogP contribution in [0.25, 0.3) is 0 Å². The molecule has 0 bridgehead atoms. The lowest BCUT2D eigenvalue weighted by Crippen LogP contribution is -2.59. The van der Waals surface area contributed by atoms with Gasteiger partial charge in [0.1, 0.15) is 0 Å². The SMILES string of the molecule is COC(=O)C1(NC(C)=O)CCNC1=O. The molecule has 1 atom stereocenters. The molecular formula is C8H12N2O4. The highest BCUT2D eigenvalue weighted by atomic mass is 16.5. The largest absolute Gasteiger partial charge is 0.467 e. The number of ether oxygens (including phenoxy) is 1. The van der Waals surface area contributed by atoms with Crippen molar-refractivity contribution >= 4 is 17.8 Å². The van der Waals surface area contributed by atoms with Gasteiger partial charge in [-0.1, -0.05) is 0 Å². The molecule has 0 aromatic rings. The van der Waals surface area contributed by atoms with Crippen LogP contribution in [0.4, 0.5) is 0 Å². The van der Waals surface area contributed by atoms with Gasteiger partial charge in [-0.3, -0.25) is 9.59 Å². The zero-order chi connectivity index (χ0) is 10.8. The van der Waals surface area contributed by atoms with E-state index in [4.69, 9.17) is 0 Å². The molecule has 0 aromatic carbocycles. The molecule has 1 unspecified atom stereocenters. The second-order valence-corrected chi connectivity index (χ2v) is 3.08. The first-order chi connectivity index (χ1) is 6.53. The third-order valence-electron chi connectivity index (χ3n) is 2.10. The molecule has 6 nitrogen and oxygen atoms in total. The van der Waals surface area contributed by atoms with E-state index in [1.807, 2.05) is 0 Å². The molecule has 1 saturated heterocycles. The van der Waals surface area contributed by atoms with Crippen LogP contribution < -0.4 is 10.6 Å². The van der Waals surface area contributed by atoms with E-state index in [0.717, 1.165) is 0 Å². The van der Waals surface area contributed by atoms with E-state index in [1.54, 1.807) is 0 Å². The van der Waals surface area contributed by atoms with E-state index < -0.39 is 23.3 Å². The zero-order valence-electron chi connectivity index (χ0n) is 8.05. The third kappa shape index (κ3) is 1.55. The molecule has 0 radical (unpaired) electrons. The Morgan fingerprint density at radius 1 is 1.57 bits per heavy atom. The fourth-order valence-electron chi connectivity index (χ4n) is 1.47. The first kappa shape index (κ1) is 10.5. The molecule has 1 rings (SSSR count). The van der Waals surface area contributed by atoms with Crippen LogP contribution in [-0.4, -0.2) is 37.0 Å². The summed E-state index contributed by atoms with van der Waals surface area (Å²) in [7, 11) is 1.18. The lowest BCUT2D eigenvalue weighted by atomic mass is 9.98. The average molecular weight is 200 g/mol. The second kappa shape index (κ2) is 3.65. The zero-order valence-corrected chi connectivity index (χ0v) is 8.05. The lowest BCUT2D eigenvalue weighted by Gasteiger charge is -2.23. The predicted octanol–water partition coefficient (Wildman–Crippen LogP) is -1.45. The lowest BCUT2D eigenvalue weighted by molar-refractivity contribution is -0.154. The molecular weight excluding hydrogens is 188 g/mol. The Kier molecular flexibility index (Phi) is 2.73. The number of esters is 1. The standard InChI is InChI=1S/C8H12N2O4/c1-5(11)10-8(7(13)14-2)3-4-9-6(8)12/h3-4H2,1-2H3,(H,9,12)(H,10,11). The van der Waals surface area contributed by atoms with Crippen LogP contribution in [0.1, 0.15) is 13.3 Å². The molecule has 1 heterocycles. The van der Waals surface area contributed by atoms with Crippen LogP contribution in [0.5, 0.6) is 0 Å². The van der Waals surface area contributed by atoms with Crippen molar-refractivity contribution in [2.45, 2.75) is 18.9 Å². The first-order valence-corrected chi connectivity index (χ1v) is 4.18. The van der Waals surface area contributed by atoms with Gasteiger partial charge in [-0.2, -0.15) is 0 Å². The highest BCUT2D eigenvalue weighted by Crippen LogP contribution is 2.17. The molecule has 1 fully saturated rings. The number of carbonyl (C=O) groups excluding carboxylic acids is 3. The number of rotatable bonds is 2. The van der Waals surface area contributed by atoms with Crippen molar-refractivity contribution in [1.29, 1.82) is 0 Å². The summed E-state index contributed by atoms with van der Waals surface area (Å²) in [6, 6.07) is 0. The average Bonchev–Trinajstić information content (AvgIpc) is 2.47. The summed E-state index contributed by atoms with van der Waals surface area (Å²) >= 11 is 0. The predicted molar refractivity (Wildman–Crippen MR) is 46.2 cm³/mol. The van der Waals surface area contributed by atoms with E-state index in [2.05, 4.69) is 15.4 Å². The van der Waals surface area contributed by atoms with E-state index in [0.29, 0.717) is 6.54 Å². The van der Waals surface area contributed by atoms with Crippen molar-refractivity contribution in [3.63, 3.8) is 0 Å². The minimum atomic E-state index is -1.53. The molecule has 2 N–H and O–H groups in total. The molecule has 14 heavy (non-hydrogen) atoms. The van der Waals surface area contributed by atoms with Crippen molar-refractivity contribution in [3.05, 3.63) is 0 Å². The van der Waals surface area contributed by atoms with Crippen molar-refractivity contribution in [1.82, 2.24) is 10.6 Å². The van der Waals surface area contributed by atoms with Gasteiger partial charge in [-0.15, -0.1) is 0 Å². The highest BCUT2D eigenvalue weighted by molar-refractivity contribution is 6.11. The van der Waals surface area contributed by atoms with Crippen molar-refractivity contribution in [2.75, 3.05) is 13.7 Å². The van der Waals surface area contributed by atoms with Crippen LogP contribution in [0.3, 0.4) is 0 Å². The van der Waals surface area contributed by atoms with Gasteiger partial charge in [-0.25, -0.2) is 4.79 Å².